The number of hydrogen-bond acceptors (Lipinski definition) is 3. The summed E-state index contributed by atoms with van der Waals surface area (Å²) < 4.78 is 22.6. The molecule has 0 saturated carbocycles. The molecule has 0 amide bonds. The summed E-state index contributed by atoms with van der Waals surface area (Å²) in [4.78, 5) is 0.393. The normalized spacial score (nSPS) is 14.4. The molecule has 0 spiro atoms. The molecule has 0 rings (SSSR count). The van der Waals surface area contributed by atoms with E-state index in [4.69, 9.17) is 0 Å². The second kappa shape index (κ2) is 4.13. The molecule has 78 valence electrons. The van der Waals surface area contributed by atoms with Crippen LogP contribution in [0.3, 0.4) is 0 Å². The van der Waals surface area contributed by atoms with Gasteiger partial charge in [0.25, 0.3) is 0 Å². The lowest BCUT2D eigenvalue weighted by Gasteiger charge is -2.19. The van der Waals surface area contributed by atoms with Crippen LogP contribution in [0.25, 0.3) is 0 Å². The third-order valence-electron chi connectivity index (χ3n) is 1.58. The molecular formula is C9H19NO2S. The lowest BCUT2D eigenvalue weighted by molar-refractivity contribution is 0.490. The minimum absolute atomic E-state index is 0.0927. The Hall–Kier alpha value is -0.510. The van der Waals surface area contributed by atoms with Crippen molar-refractivity contribution in [1.82, 2.24) is 5.32 Å². The molecule has 1 N–H and O–H groups in total. The maximum atomic E-state index is 11.3. The highest BCUT2D eigenvalue weighted by Gasteiger charge is 2.12. The molecule has 0 radical (unpaired) electrons. The zero-order valence-corrected chi connectivity index (χ0v) is 9.83. The maximum Gasteiger partial charge on any atom is 0.175 e. The fourth-order valence-corrected chi connectivity index (χ4v) is 1.33. The van der Waals surface area contributed by atoms with Gasteiger partial charge in [0.15, 0.2) is 9.84 Å². The zero-order chi connectivity index (χ0) is 10.7. The van der Waals surface area contributed by atoms with Gasteiger partial charge in [-0.1, -0.05) is 6.92 Å². The number of sulfone groups is 1. The van der Waals surface area contributed by atoms with Crippen LogP contribution in [0.5, 0.6) is 0 Å². The lowest BCUT2D eigenvalue weighted by Crippen LogP contribution is -2.31. The van der Waals surface area contributed by atoms with Crippen molar-refractivity contribution in [3.05, 3.63) is 11.1 Å². The average molecular weight is 205 g/mol. The van der Waals surface area contributed by atoms with Gasteiger partial charge in [0.2, 0.25) is 0 Å². The third-order valence-corrected chi connectivity index (χ3v) is 3.44. The van der Waals surface area contributed by atoms with Gasteiger partial charge in [-0.25, -0.2) is 8.42 Å². The summed E-state index contributed by atoms with van der Waals surface area (Å²) in [6, 6.07) is 0. The summed E-state index contributed by atoms with van der Waals surface area (Å²) in [5, 5.41) is 3.02. The van der Waals surface area contributed by atoms with Crippen molar-refractivity contribution >= 4 is 9.84 Å². The molecule has 0 saturated heterocycles. The van der Waals surface area contributed by atoms with E-state index in [1.165, 1.54) is 0 Å². The van der Waals surface area contributed by atoms with Crippen LogP contribution >= 0.6 is 0 Å². The number of hydrogen-bond donors (Lipinski definition) is 1. The molecule has 0 aromatic carbocycles. The number of allylic oxidation sites excluding steroid dienone is 1. The molecule has 0 heterocycles. The van der Waals surface area contributed by atoms with Crippen LogP contribution in [0.15, 0.2) is 11.1 Å². The van der Waals surface area contributed by atoms with Crippen LogP contribution in [0.4, 0.5) is 0 Å². The van der Waals surface area contributed by atoms with Gasteiger partial charge in [-0.15, -0.1) is 0 Å². The molecule has 4 heteroatoms. The predicted octanol–water partition coefficient (Wildman–Crippen LogP) is 1.67. The minimum Gasteiger partial charge on any atom is -0.386 e. The van der Waals surface area contributed by atoms with Crippen LogP contribution in [-0.4, -0.2) is 19.7 Å². The Morgan fingerprint density at radius 3 is 2.15 bits per heavy atom. The maximum absolute atomic E-state index is 11.3. The van der Waals surface area contributed by atoms with E-state index >= 15 is 0 Å². The molecule has 0 aromatic heterocycles. The van der Waals surface area contributed by atoms with Crippen molar-refractivity contribution < 1.29 is 8.42 Å². The summed E-state index contributed by atoms with van der Waals surface area (Å²) in [5.41, 5.74) is -0.0927. The molecule has 13 heavy (non-hydrogen) atoms. The fourth-order valence-electron chi connectivity index (χ4n) is 0.636. The predicted molar refractivity (Wildman–Crippen MR) is 56.1 cm³/mol. The quantitative estimate of drug-likeness (QED) is 0.762. The van der Waals surface area contributed by atoms with E-state index in [0.29, 0.717) is 4.91 Å². The summed E-state index contributed by atoms with van der Waals surface area (Å²) in [5.74, 6) is 0.154. The molecule has 0 aromatic rings. The first-order chi connectivity index (χ1) is 5.69. The van der Waals surface area contributed by atoms with Crippen molar-refractivity contribution in [3.8, 4) is 0 Å². The SMILES string of the molecule is CCS(=O)(=O)/C(C)=C/NC(C)(C)C. The highest BCUT2D eigenvalue weighted by atomic mass is 32.2. The van der Waals surface area contributed by atoms with E-state index in [2.05, 4.69) is 5.32 Å². The van der Waals surface area contributed by atoms with Crippen molar-refractivity contribution in [1.29, 1.82) is 0 Å². The molecule has 0 aliphatic carbocycles. The van der Waals surface area contributed by atoms with Gasteiger partial charge in [-0.05, 0) is 27.7 Å². The van der Waals surface area contributed by atoms with Gasteiger partial charge in [-0.3, -0.25) is 0 Å². The Morgan fingerprint density at radius 2 is 1.85 bits per heavy atom. The van der Waals surface area contributed by atoms with Crippen LogP contribution in [0.1, 0.15) is 34.6 Å². The summed E-state index contributed by atoms with van der Waals surface area (Å²) in [7, 11) is -3.02. The van der Waals surface area contributed by atoms with E-state index < -0.39 is 9.84 Å². The monoisotopic (exact) mass is 205 g/mol. The van der Waals surface area contributed by atoms with Gasteiger partial charge in [-0.2, -0.15) is 0 Å². The minimum atomic E-state index is -3.02. The van der Waals surface area contributed by atoms with Gasteiger partial charge < -0.3 is 5.32 Å². The largest absolute Gasteiger partial charge is 0.386 e. The van der Waals surface area contributed by atoms with Crippen molar-refractivity contribution in [2.75, 3.05) is 5.75 Å². The van der Waals surface area contributed by atoms with Gasteiger partial charge >= 0.3 is 0 Å². The first kappa shape index (κ1) is 12.5. The Balaban J connectivity index is 4.54. The standard InChI is InChI=1S/C9H19NO2S/c1-6-13(11,12)8(2)7-10-9(3,4)5/h7,10H,6H2,1-5H3/b8-7+. The van der Waals surface area contributed by atoms with Gasteiger partial charge in [0.05, 0.1) is 10.7 Å². The highest BCUT2D eigenvalue weighted by molar-refractivity contribution is 7.95. The zero-order valence-electron chi connectivity index (χ0n) is 9.01. The van der Waals surface area contributed by atoms with Crippen molar-refractivity contribution in [2.45, 2.75) is 40.2 Å². The Bertz CT molecular complexity index is 283. The topological polar surface area (TPSA) is 46.2 Å². The highest BCUT2D eigenvalue weighted by Crippen LogP contribution is 2.06. The smallest absolute Gasteiger partial charge is 0.175 e. The van der Waals surface area contributed by atoms with Crippen LogP contribution < -0.4 is 5.32 Å². The average Bonchev–Trinajstić information content (AvgIpc) is 1.98. The van der Waals surface area contributed by atoms with E-state index in [1.54, 1.807) is 20.0 Å². The number of nitrogens with one attached hydrogen (secondary N) is 1. The molecule has 0 bridgehead atoms. The number of rotatable bonds is 3. The molecule has 0 atom stereocenters. The van der Waals surface area contributed by atoms with E-state index in [-0.39, 0.29) is 11.3 Å². The Morgan fingerprint density at radius 1 is 1.38 bits per heavy atom. The summed E-state index contributed by atoms with van der Waals surface area (Å²) in [6.45, 7) is 9.20. The molecule has 0 aliphatic rings. The summed E-state index contributed by atoms with van der Waals surface area (Å²) in [6.07, 6.45) is 1.57. The van der Waals surface area contributed by atoms with Crippen molar-refractivity contribution in [2.24, 2.45) is 0 Å². The van der Waals surface area contributed by atoms with Gasteiger partial charge in [0, 0.05) is 11.7 Å². The van der Waals surface area contributed by atoms with Crippen LogP contribution in [0, 0.1) is 0 Å². The van der Waals surface area contributed by atoms with Crippen molar-refractivity contribution in [3.63, 3.8) is 0 Å². The Kier molecular flexibility index (Phi) is 3.97. The fraction of sp³-hybridized carbons (Fsp3) is 0.778. The first-order valence-electron chi connectivity index (χ1n) is 4.36. The van der Waals surface area contributed by atoms with Crippen LogP contribution in [0.2, 0.25) is 0 Å². The molecule has 3 nitrogen and oxygen atoms in total. The van der Waals surface area contributed by atoms with E-state index in [9.17, 15) is 8.42 Å². The van der Waals surface area contributed by atoms with E-state index in [1.807, 2.05) is 20.8 Å². The molecule has 0 fully saturated rings. The van der Waals surface area contributed by atoms with Crippen LogP contribution in [-0.2, 0) is 9.84 Å². The second-order valence-corrected chi connectivity index (χ2v) is 6.50. The second-order valence-electron chi connectivity index (χ2n) is 4.05. The third kappa shape index (κ3) is 4.93. The molecular weight excluding hydrogens is 186 g/mol. The van der Waals surface area contributed by atoms with Gasteiger partial charge in [0.1, 0.15) is 0 Å². The Labute approximate surface area is 81.1 Å². The first-order valence-corrected chi connectivity index (χ1v) is 6.01. The summed E-state index contributed by atoms with van der Waals surface area (Å²) >= 11 is 0. The molecule has 0 aliphatic heterocycles. The lowest BCUT2D eigenvalue weighted by atomic mass is 10.1. The molecule has 0 unspecified atom stereocenters. The van der Waals surface area contributed by atoms with E-state index in [0.717, 1.165) is 0 Å².